The van der Waals surface area contributed by atoms with E-state index < -0.39 is 0 Å². The lowest BCUT2D eigenvalue weighted by Gasteiger charge is -2.19. The summed E-state index contributed by atoms with van der Waals surface area (Å²) in [5.41, 5.74) is 8.38. The third kappa shape index (κ3) is 4.70. The second-order valence-electron chi connectivity index (χ2n) is 5.84. The molecule has 1 saturated carbocycles. The number of carbonyl (C=O) groups is 1. The molecular weight excluding hydrogens is 365 g/mol. The van der Waals surface area contributed by atoms with Crippen LogP contribution in [0.15, 0.2) is 29.6 Å². The summed E-state index contributed by atoms with van der Waals surface area (Å²) in [7, 11) is 0. The molecule has 0 radical (unpaired) electrons. The Hall–Kier alpha value is -1.14. The van der Waals surface area contributed by atoms with E-state index in [-0.39, 0.29) is 36.8 Å². The van der Waals surface area contributed by atoms with Crippen molar-refractivity contribution in [1.82, 2.24) is 10.3 Å². The molecule has 1 fully saturated rings. The zero-order valence-corrected chi connectivity index (χ0v) is 16.0. The Morgan fingerprint density at radius 2 is 2.17 bits per heavy atom. The second-order valence-corrected chi connectivity index (χ2v) is 6.90. The molecule has 4 nitrogen and oxygen atoms in total. The van der Waals surface area contributed by atoms with Gasteiger partial charge in [0.05, 0.1) is 10.7 Å². The van der Waals surface area contributed by atoms with Gasteiger partial charge >= 0.3 is 0 Å². The maximum Gasteiger partial charge on any atom is 0.251 e. The number of halogens is 2. The number of benzene rings is 1. The number of amides is 1. The molecule has 1 aliphatic carbocycles. The fraction of sp³-hybridized carbons (Fsp3) is 0.412. The van der Waals surface area contributed by atoms with Crippen LogP contribution < -0.4 is 11.1 Å². The Bertz CT molecular complexity index is 677. The molecule has 0 bridgehead atoms. The predicted molar refractivity (Wildman–Crippen MR) is 104 cm³/mol. The van der Waals surface area contributed by atoms with Crippen molar-refractivity contribution in [2.24, 2.45) is 11.7 Å². The fourth-order valence-electron chi connectivity index (χ4n) is 3.08. The van der Waals surface area contributed by atoms with Gasteiger partial charge in [-0.2, -0.15) is 0 Å². The van der Waals surface area contributed by atoms with E-state index in [1.54, 1.807) is 11.3 Å². The molecule has 7 heteroatoms. The Kier molecular flexibility index (Phi) is 8.16. The first-order chi connectivity index (χ1) is 10.7. The Balaban J connectivity index is 0.00000144. The lowest BCUT2D eigenvalue weighted by atomic mass is 10.0. The Labute approximate surface area is 159 Å². The van der Waals surface area contributed by atoms with Gasteiger partial charge < -0.3 is 11.1 Å². The van der Waals surface area contributed by atoms with Crippen molar-refractivity contribution in [3.8, 4) is 11.3 Å². The van der Waals surface area contributed by atoms with Crippen molar-refractivity contribution in [3.05, 3.63) is 40.2 Å². The molecule has 1 aromatic heterocycles. The van der Waals surface area contributed by atoms with Crippen LogP contribution in [0.4, 0.5) is 0 Å². The molecule has 3 rings (SSSR count). The number of aromatic nitrogens is 1. The fourth-order valence-corrected chi connectivity index (χ4v) is 3.70. The van der Waals surface area contributed by atoms with Gasteiger partial charge in [-0.05, 0) is 44.4 Å². The van der Waals surface area contributed by atoms with E-state index in [9.17, 15) is 4.79 Å². The highest BCUT2D eigenvalue weighted by Crippen LogP contribution is 2.26. The normalized spacial score (nSPS) is 19.2. The van der Waals surface area contributed by atoms with Crippen LogP contribution in [0.2, 0.25) is 0 Å². The van der Waals surface area contributed by atoms with Gasteiger partial charge in [0, 0.05) is 22.5 Å². The van der Waals surface area contributed by atoms with Crippen LogP contribution in [0.5, 0.6) is 0 Å². The smallest absolute Gasteiger partial charge is 0.251 e. The molecular formula is C17H23Cl2N3OS. The van der Waals surface area contributed by atoms with Gasteiger partial charge in [-0.3, -0.25) is 4.79 Å². The van der Waals surface area contributed by atoms with Gasteiger partial charge in [0.15, 0.2) is 0 Å². The summed E-state index contributed by atoms with van der Waals surface area (Å²) < 4.78 is 0. The summed E-state index contributed by atoms with van der Waals surface area (Å²) in [6, 6.07) is 7.88. The molecule has 1 aromatic carbocycles. The summed E-state index contributed by atoms with van der Waals surface area (Å²) >= 11 is 1.62. The van der Waals surface area contributed by atoms with Gasteiger partial charge in [-0.15, -0.1) is 36.2 Å². The maximum absolute atomic E-state index is 12.5. The Morgan fingerprint density at radius 1 is 1.38 bits per heavy atom. The average Bonchev–Trinajstić information content (AvgIpc) is 3.16. The van der Waals surface area contributed by atoms with Crippen LogP contribution in [0, 0.1) is 12.8 Å². The minimum absolute atomic E-state index is 0. The molecule has 24 heavy (non-hydrogen) atoms. The summed E-state index contributed by atoms with van der Waals surface area (Å²) in [5.74, 6) is 0.396. The zero-order chi connectivity index (χ0) is 15.5. The quantitative estimate of drug-likeness (QED) is 0.837. The summed E-state index contributed by atoms with van der Waals surface area (Å²) in [6.07, 6.45) is 3.28. The maximum atomic E-state index is 12.5. The number of hydrogen-bond donors (Lipinski definition) is 2. The number of nitrogens with two attached hydrogens (primary N) is 1. The van der Waals surface area contributed by atoms with E-state index in [1.165, 1.54) is 0 Å². The molecule has 2 aromatic rings. The van der Waals surface area contributed by atoms with E-state index >= 15 is 0 Å². The molecule has 2 atom stereocenters. The van der Waals surface area contributed by atoms with Crippen LogP contribution in [-0.2, 0) is 0 Å². The van der Waals surface area contributed by atoms with Crippen molar-refractivity contribution in [1.29, 1.82) is 0 Å². The highest BCUT2D eigenvalue weighted by atomic mass is 35.5. The van der Waals surface area contributed by atoms with Gasteiger partial charge in [0.2, 0.25) is 0 Å². The lowest BCUT2D eigenvalue weighted by molar-refractivity contribution is 0.0929. The molecule has 132 valence electrons. The van der Waals surface area contributed by atoms with E-state index in [2.05, 4.69) is 10.3 Å². The lowest BCUT2D eigenvalue weighted by Crippen LogP contribution is -2.39. The molecule has 1 heterocycles. The first-order valence-corrected chi connectivity index (χ1v) is 8.59. The summed E-state index contributed by atoms with van der Waals surface area (Å²) in [4.78, 5) is 17.0. The van der Waals surface area contributed by atoms with Crippen LogP contribution in [-0.4, -0.2) is 23.5 Å². The van der Waals surface area contributed by atoms with Crippen LogP contribution in [0.25, 0.3) is 11.3 Å². The van der Waals surface area contributed by atoms with Crippen molar-refractivity contribution < 1.29 is 4.79 Å². The molecule has 1 aliphatic rings. The van der Waals surface area contributed by atoms with Crippen molar-refractivity contribution >= 4 is 42.1 Å². The average molecular weight is 388 g/mol. The second kappa shape index (κ2) is 9.37. The molecule has 2 unspecified atom stereocenters. The number of nitrogens with one attached hydrogen (secondary N) is 1. The van der Waals surface area contributed by atoms with Crippen LogP contribution in [0.3, 0.4) is 0 Å². The molecule has 1 amide bonds. The van der Waals surface area contributed by atoms with Gasteiger partial charge in [0.25, 0.3) is 5.91 Å². The highest BCUT2D eigenvalue weighted by Gasteiger charge is 2.27. The molecule has 3 N–H and O–H groups in total. The number of hydrogen-bond acceptors (Lipinski definition) is 4. The third-order valence-electron chi connectivity index (χ3n) is 4.32. The van der Waals surface area contributed by atoms with Gasteiger partial charge in [-0.1, -0.05) is 18.6 Å². The monoisotopic (exact) mass is 387 g/mol. The largest absolute Gasteiger partial charge is 0.349 e. The topological polar surface area (TPSA) is 68.0 Å². The zero-order valence-electron chi connectivity index (χ0n) is 13.5. The number of aryl methyl sites for hydroxylation is 1. The van der Waals surface area contributed by atoms with Crippen LogP contribution in [0.1, 0.15) is 34.6 Å². The number of nitrogens with zero attached hydrogens (tertiary/aromatic N) is 1. The predicted octanol–water partition coefficient (Wildman–Crippen LogP) is 3.82. The molecule has 0 spiro atoms. The number of carbonyl (C=O) groups excluding carboxylic acids is 1. The number of thiazole rings is 1. The van der Waals surface area contributed by atoms with Crippen LogP contribution >= 0.6 is 36.2 Å². The first kappa shape index (κ1) is 20.9. The minimum Gasteiger partial charge on any atom is -0.349 e. The number of rotatable bonds is 4. The van der Waals surface area contributed by atoms with Crippen molar-refractivity contribution in [2.45, 2.75) is 32.2 Å². The Morgan fingerprint density at radius 3 is 2.83 bits per heavy atom. The third-order valence-corrected chi connectivity index (χ3v) is 5.09. The summed E-state index contributed by atoms with van der Waals surface area (Å²) in [6.45, 7) is 2.63. The summed E-state index contributed by atoms with van der Waals surface area (Å²) in [5, 5.41) is 6.19. The van der Waals surface area contributed by atoms with E-state index in [1.807, 2.05) is 36.6 Å². The van der Waals surface area contributed by atoms with E-state index in [0.717, 1.165) is 35.5 Å². The SMILES string of the molecule is Cc1nc(-c2cccc(C(=O)NC3CCCC3CN)c2)cs1.Cl.Cl. The van der Waals surface area contributed by atoms with Gasteiger partial charge in [0.1, 0.15) is 0 Å². The minimum atomic E-state index is -0.0147. The van der Waals surface area contributed by atoms with Crippen molar-refractivity contribution in [2.75, 3.05) is 6.54 Å². The van der Waals surface area contributed by atoms with Crippen molar-refractivity contribution in [3.63, 3.8) is 0 Å². The molecule has 0 aliphatic heterocycles. The molecule has 0 saturated heterocycles. The first-order valence-electron chi connectivity index (χ1n) is 7.71. The van der Waals surface area contributed by atoms with E-state index in [4.69, 9.17) is 5.73 Å². The standard InChI is InChI=1S/C17H21N3OS.2ClH/c1-11-19-16(10-22-11)12-4-2-5-13(8-12)17(21)20-15-7-3-6-14(15)9-18;;/h2,4-5,8,10,14-15H,3,6-7,9,18H2,1H3,(H,20,21);2*1H. The van der Waals surface area contributed by atoms with E-state index in [0.29, 0.717) is 18.0 Å². The highest BCUT2D eigenvalue weighted by molar-refractivity contribution is 7.09. The van der Waals surface area contributed by atoms with Gasteiger partial charge in [-0.25, -0.2) is 4.98 Å².